The summed E-state index contributed by atoms with van der Waals surface area (Å²) in [6.07, 6.45) is 0.590. The molecule has 1 atom stereocenters. The maximum atomic E-state index is 12.5. The Morgan fingerprint density at radius 1 is 1.07 bits per heavy atom. The van der Waals surface area contributed by atoms with Crippen molar-refractivity contribution in [1.29, 1.82) is 0 Å². The molecule has 0 unspecified atom stereocenters. The summed E-state index contributed by atoms with van der Waals surface area (Å²) in [6.45, 7) is 2.19. The maximum absolute atomic E-state index is 12.5. The standard InChI is InChI=1S/C21H25N3O3/c25-20-11-12-22-13-14-24(20)19(15-17-7-3-1-4-8-17)16-27-21(26)23-18-9-5-2-6-10-18/h1-10,19,22H,11-16H2,(H,23,26)/t19-/m0/s1. The Hall–Kier alpha value is -2.86. The predicted molar refractivity (Wildman–Crippen MR) is 105 cm³/mol. The van der Waals surface area contributed by atoms with Gasteiger partial charge in [-0.25, -0.2) is 4.79 Å². The van der Waals surface area contributed by atoms with Crippen LogP contribution in [0.1, 0.15) is 12.0 Å². The van der Waals surface area contributed by atoms with Crippen LogP contribution in [0.15, 0.2) is 60.7 Å². The van der Waals surface area contributed by atoms with E-state index in [1.165, 1.54) is 0 Å². The second-order valence-corrected chi connectivity index (χ2v) is 6.52. The lowest BCUT2D eigenvalue weighted by atomic mass is 10.0. The summed E-state index contributed by atoms with van der Waals surface area (Å²) in [5.41, 5.74) is 1.79. The van der Waals surface area contributed by atoms with Gasteiger partial charge < -0.3 is 15.0 Å². The highest BCUT2D eigenvalue weighted by molar-refractivity contribution is 5.84. The molecule has 2 amide bonds. The van der Waals surface area contributed by atoms with Crippen LogP contribution in [0.25, 0.3) is 0 Å². The van der Waals surface area contributed by atoms with Gasteiger partial charge in [0.25, 0.3) is 0 Å². The van der Waals surface area contributed by atoms with E-state index in [0.29, 0.717) is 31.6 Å². The van der Waals surface area contributed by atoms with Gasteiger partial charge in [-0.3, -0.25) is 10.1 Å². The zero-order chi connectivity index (χ0) is 18.9. The Kier molecular flexibility index (Phi) is 6.82. The SMILES string of the molecule is O=C(Nc1ccccc1)OC[C@H](Cc1ccccc1)N1CCNCCC1=O. The molecule has 2 aromatic carbocycles. The first-order valence-electron chi connectivity index (χ1n) is 9.25. The highest BCUT2D eigenvalue weighted by Gasteiger charge is 2.26. The van der Waals surface area contributed by atoms with Gasteiger partial charge in [-0.15, -0.1) is 0 Å². The first kappa shape index (κ1) is 18.9. The molecule has 142 valence electrons. The number of hydrogen-bond donors (Lipinski definition) is 2. The number of ether oxygens (including phenoxy) is 1. The van der Waals surface area contributed by atoms with Gasteiger partial charge in [0.05, 0.1) is 6.04 Å². The van der Waals surface area contributed by atoms with E-state index in [-0.39, 0.29) is 18.6 Å². The van der Waals surface area contributed by atoms with Crippen LogP contribution < -0.4 is 10.6 Å². The molecular formula is C21H25N3O3. The zero-order valence-electron chi connectivity index (χ0n) is 15.3. The van der Waals surface area contributed by atoms with Gasteiger partial charge in [-0.2, -0.15) is 0 Å². The molecule has 1 aliphatic heterocycles. The van der Waals surface area contributed by atoms with Crippen LogP contribution in [0.4, 0.5) is 10.5 Å². The Balaban J connectivity index is 1.65. The number of hydrogen-bond acceptors (Lipinski definition) is 4. The fraction of sp³-hybridized carbons (Fsp3) is 0.333. The molecule has 0 bridgehead atoms. The van der Waals surface area contributed by atoms with Gasteiger partial charge in [-0.05, 0) is 24.1 Å². The molecule has 27 heavy (non-hydrogen) atoms. The first-order chi connectivity index (χ1) is 13.2. The summed E-state index contributed by atoms with van der Waals surface area (Å²) in [5.74, 6) is 0.0907. The summed E-state index contributed by atoms with van der Waals surface area (Å²) in [6, 6.07) is 18.9. The van der Waals surface area contributed by atoms with E-state index >= 15 is 0 Å². The smallest absolute Gasteiger partial charge is 0.411 e. The normalized spacial score (nSPS) is 15.7. The first-order valence-corrected chi connectivity index (χ1v) is 9.25. The van der Waals surface area contributed by atoms with Crippen molar-refractivity contribution in [3.63, 3.8) is 0 Å². The third-order valence-electron chi connectivity index (χ3n) is 4.55. The Morgan fingerprint density at radius 2 is 1.78 bits per heavy atom. The number of rotatable bonds is 6. The van der Waals surface area contributed by atoms with Crippen molar-refractivity contribution in [3.05, 3.63) is 66.2 Å². The quantitative estimate of drug-likeness (QED) is 0.824. The number of nitrogens with one attached hydrogen (secondary N) is 2. The van der Waals surface area contributed by atoms with Gasteiger partial charge in [0.2, 0.25) is 5.91 Å². The van der Waals surface area contributed by atoms with Crippen LogP contribution in [0.3, 0.4) is 0 Å². The zero-order valence-corrected chi connectivity index (χ0v) is 15.3. The largest absolute Gasteiger partial charge is 0.447 e. The van der Waals surface area contributed by atoms with Crippen molar-refractivity contribution >= 4 is 17.7 Å². The van der Waals surface area contributed by atoms with Crippen LogP contribution in [-0.4, -0.2) is 49.2 Å². The summed E-state index contributed by atoms with van der Waals surface area (Å²) < 4.78 is 5.46. The molecule has 0 spiro atoms. The Morgan fingerprint density at radius 3 is 2.52 bits per heavy atom. The van der Waals surface area contributed by atoms with Crippen molar-refractivity contribution in [1.82, 2.24) is 10.2 Å². The molecule has 3 rings (SSSR count). The molecular weight excluding hydrogens is 342 g/mol. The number of benzene rings is 2. The molecule has 0 radical (unpaired) electrons. The van der Waals surface area contributed by atoms with E-state index in [0.717, 1.165) is 12.1 Å². The van der Waals surface area contributed by atoms with Crippen LogP contribution in [0, 0.1) is 0 Å². The molecule has 2 N–H and O–H groups in total. The highest BCUT2D eigenvalue weighted by atomic mass is 16.5. The molecule has 0 saturated carbocycles. The summed E-state index contributed by atoms with van der Waals surface area (Å²) in [5, 5.41) is 5.95. The van der Waals surface area contributed by atoms with Gasteiger partial charge in [0.1, 0.15) is 6.61 Å². The number of carbonyl (C=O) groups excluding carboxylic acids is 2. The molecule has 2 aromatic rings. The van der Waals surface area contributed by atoms with Gasteiger partial charge >= 0.3 is 6.09 Å². The van der Waals surface area contributed by atoms with Crippen molar-refractivity contribution in [2.75, 3.05) is 31.6 Å². The van der Waals surface area contributed by atoms with Crippen molar-refractivity contribution in [2.24, 2.45) is 0 Å². The van der Waals surface area contributed by atoms with Crippen molar-refractivity contribution in [2.45, 2.75) is 18.9 Å². The van der Waals surface area contributed by atoms with Crippen LogP contribution in [0.2, 0.25) is 0 Å². The lowest BCUT2D eigenvalue weighted by molar-refractivity contribution is -0.133. The number of anilines is 1. The Bertz CT molecular complexity index is 737. The minimum Gasteiger partial charge on any atom is -0.447 e. The summed E-state index contributed by atoms with van der Waals surface area (Å²) in [7, 11) is 0. The van der Waals surface area contributed by atoms with Crippen molar-refractivity contribution in [3.8, 4) is 0 Å². The number of amides is 2. The maximum Gasteiger partial charge on any atom is 0.411 e. The molecule has 6 nitrogen and oxygen atoms in total. The number of nitrogens with zero attached hydrogens (tertiary/aromatic N) is 1. The molecule has 0 aromatic heterocycles. The molecule has 0 aliphatic carbocycles. The number of carbonyl (C=O) groups is 2. The van der Waals surface area contributed by atoms with E-state index in [2.05, 4.69) is 10.6 Å². The molecule has 1 saturated heterocycles. The average molecular weight is 367 g/mol. The van der Waals surface area contributed by atoms with Crippen LogP contribution in [-0.2, 0) is 16.0 Å². The van der Waals surface area contributed by atoms with Gasteiger partial charge in [0.15, 0.2) is 0 Å². The molecule has 6 heteroatoms. The molecule has 1 heterocycles. The lowest BCUT2D eigenvalue weighted by Crippen LogP contribution is -2.45. The fourth-order valence-corrected chi connectivity index (χ4v) is 3.17. The predicted octanol–water partition coefficient (Wildman–Crippen LogP) is 2.67. The van der Waals surface area contributed by atoms with E-state index < -0.39 is 6.09 Å². The van der Waals surface area contributed by atoms with Crippen LogP contribution >= 0.6 is 0 Å². The van der Waals surface area contributed by atoms with E-state index in [1.54, 1.807) is 12.1 Å². The average Bonchev–Trinajstić information content (AvgIpc) is 2.91. The van der Waals surface area contributed by atoms with E-state index in [1.807, 2.05) is 53.4 Å². The second kappa shape index (κ2) is 9.73. The summed E-state index contributed by atoms with van der Waals surface area (Å²) in [4.78, 5) is 26.5. The molecule has 1 aliphatic rings. The number of para-hydroxylation sites is 1. The van der Waals surface area contributed by atoms with E-state index in [9.17, 15) is 9.59 Å². The summed E-state index contributed by atoms with van der Waals surface area (Å²) >= 11 is 0. The van der Waals surface area contributed by atoms with Crippen LogP contribution in [0.5, 0.6) is 0 Å². The minimum absolute atomic E-state index is 0.0907. The Labute approximate surface area is 159 Å². The third kappa shape index (κ3) is 5.82. The van der Waals surface area contributed by atoms with E-state index in [4.69, 9.17) is 4.74 Å². The van der Waals surface area contributed by atoms with Crippen molar-refractivity contribution < 1.29 is 14.3 Å². The molecule has 1 fully saturated rings. The monoisotopic (exact) mass is 367 g/mol. The fourth-order valence-electron chi connectivity index (χ4n) is 3.17. The van der Waals surface area contributed by atoms with Gasteiger partial charge in [-0.1, -0.05) is 48.5 Å². The third-order valence-corrected chi connectivity index (χ3v) is 4.55. The highest BCUT2D eigenvalue weighted by Crippen LogP contribution is 2.13. The topological polar surface area (TPSA) is 70.7 Å². The second-order valence-electron chi connectivity index (χ2n) is 6.52. The minimum atomic E-state index is -0.514. The van der Waals surface area contributed by atoms with Gasteiger partial charge in [0, 0.05) is 31.7 Å². The lowest BCUT2D eigenvalue weighted by Gasteiger charge is -2.30.